The Hall–Kier alpha value is -1.64. The van der Waals surface area contributed by atoms with Gasteiger partial charge in [-0.25, -0.2) is 0 Å². The van der Waals surface area contributed by atoms with Gasteiger partial charge in [-0.1, -0.05) is 54.6 Å². The molecule has 0 aliphatic carbocycles. The quantitative estimate of drug-likeness (QED) is 0.603. The van der Waals surface area contributed by atoms with Crippen LogP contribution in [0.2, 0.25) is 0 Å². The Labute approximate surface area is 124 Å². The average molecular weight is 282 g/mol. The van der Waals surface area contributed by atoms with Crippen molar-refractivity contribution in [2.45, 2.75) is 20.3 Å². The first-order valence-electron chi connectivity index (χ1n) is 7.05. The average Bonchev–Trinajstić information content (AvgIpc) is 2.46. The van der Waals surface area contributed by atoms with Gasteiger partial charge in [0, 0.05) is 6.61 Å². The summed E-state index contributed by atoms with van der Waals surface area (Å²) in [7, 11) is 0.807. The van der Waals surface area contributed by atoms with Gasteiger partial charge in [0.05, 0.1) is 0 Å². The van der Waals surface area contributed by atoms with E-state index in [1.54, 1.807) is 0 Å². The minimum Gasteiger partial charge on any atom is -0.428 e. The third kappa shape index (κ3) is 3.47. The van der Waals surface area contributed by atoms with Gasteiger partial charge in [-0.05, 0) is 48.1 Å². The van der Waals surface area contributed by atoms with Crippen LogP contribution in [0.15, 0.2) is 54.6 Å². The van der Waals surface area contributed by atoms with Crippen molar-refractivity contribution in [2.24, 2.45) is 0 Å². The molecule has 0 atom stereocenters. The highest BCUT2D eigenvalue weighted by atomic mass is 28.2. The number of hydrogen-bond acceptors (Lipinski definition) is 1. The Kier molecular flexibility index (Phi) is 5.33. The first-order chi connectivity index (χ1) is 9.74. The second-order valence-electron chi connectivity index (χ2n) is 5.03. The molecule has 0 bridgehead atoms. The van der Waals surface area contributed by atoms with Crippen LogP contribution in [0.25, 0.3) is 5.57 Å². The summed E-state index contributed by atoms with van der Waals surface area (Å²) in [5.41, 5.74) is 6.58. The number of hydrogen-bond donors (Lipinski definition) is 0. The smallest absolute Gasteiger partial charge is 0.145 e. The van der Waals surface area contributed by atoms with Crippen molar-refractivity contribution in [1.82, 2.24) is 0 Å². The Morgan fingerprint density at radius 1 is 0.950 bits per heavy atom. The molecular weight excluding hydrogens is 260 g/mol. The van der Waals surface area contributed by atoms with Gasteiger partial charge in [-0.3, -0.25) is 0 Å². The van der Waals surface area contributed by atoms with Gasteiger partial charge in [0.25, 0.3) is 0 Å². The molecule has 20 heavy (non-hydrogen) atoms. The minimum absolute atomic E-state index is 0.807. The lowest BCUT2D eigenvalue weighted by molar-refractivity contribution is 0.358. The molecule has 1 nitrogen and oxygen atoms in total. The van der Waals surface area contributed by atoms with Crippen molar-refractivity contribution < 1.29 is 4.43 Å². The van der Waals surface area contributed by atoms with Gasteiger partial charge in [-0.15, -0.1) is 0 Å². The summed E-state index contributed by atoms with van der Waals surface area (Å²) in [5, 5.41) is 0. The van der Waals surface area contributed by atoms with Crippen molar-refractivity contribution in [3.8, 4) is 0 Å². The zero-order chi connectivity index (χ0) is 14.4. The maximum Gasteiger partial charge on any atom is 0.145 e. The highest BCUT2D eigenvalue weighted by molar-refractivity contribution is 5.97. The van der Waals surface area contributed by atoms with E-state index in [9.17, 15) is 0 Å². The number of benzene rings is 2. The molecule has 0 saturated heterocycles. The number of rotatable bonds is 5. The van der Waals surface area contributed by atoms with Gasteiger partial charge >= 0.3 is 0 Å². The van der Waals surface area contributed by atoms with Gasteiger partial charge < -0.3 is 4.43 Å². The van der Waals surface area contributed by atoms with Crippen LogP contribution in [-0.4, -0.2) is 17.1 Å². The molecule has 2 aromatic carbocycles. The van der Waals surface area contributed by atoms with Crippen LogP contribution in [0.1, 0.15) is 28.7 Å². The first-order valence-corrected chi connectivity index (χ1v) is 7.87. The molecule has 0 amide bonds. The molecule has 0 aliphatic rings. The Balaban J connectivity index is 2.49. The summed E-state index contributed by atoms with van der Waals surface area (Å²) >= 11 is 0. The van der Waals surface area contributed by atoms with Crippen LogP contribution in [0, 0.1) is 13.8 Å². The SMILES string of the molecule is Cc1ccccc1C(=CCCO[SiH3])c1ccccc1C. The highest BCUT2D eigenvalue weighted by Crippen LogP contribution is 2.28. The van der Waals surface area contributed by atoms with Gasteiger partial charge in [-0.2, -0.15) is 0 Å². The van der Waals surface area contributed by atoms with Crippen LogP contribution in [0.5, 0.6) is 0 Å². The summed E-state index contributed by atoms with van der Waals surface area (Å²) in [5.74, 6) is 0. The third-order valence-electron chi connectivity index (χ3n) is 3.54. The van der Waals surface area contributed by atoms with Gasteiger partial charge in [0.15, 0.2) is 0 Å². The lowest BCUT2D eigenvalue weighted by Gasteiger charge is -2.14. The van der Waals surface area contributed by atoms with E-state index in [-0.39, 0.29) is 0 Å². The maximum atomic E-state index is 5.32. The van der Waals surface area contributed by atoms with E-state index >= 15 is 0 Å². The summed E-state index contributed by atoms with van der Waals surface area (Å²) in [6, 6.07) is 17.2. The molecule has 0 aliphatic heterocycles. The summed E-state index contributed by atoms with van der Waals surface area (Å²) in [6.45, 7) is 5.16. The molecule has 2 heteroatoms. The molecule has 2 aromatic rings. The normalized spacial score (nSPS) is 10.5. The maximum absolute atomic E-state index is 5.32. The van der Waals surface area contributed by atoms with Crippen LogP contribution >= 0.6 is 0 Å². The van der Waals surface area contributed by atoms with E-state index in [0.29, 0.717) is 0 Å². The third-order valence-corrected chi connectivity index (χ3v) is 3.95. The van der Waals surface area contributed by atoms with Gasteiger partial charge in [0.2, 0.25) is 0 Å². The van der Waals surface area contributed by atoms with Crippen molar-refractivity contribution >= 4 is 16.1 Å². The lowest BCUT2D eigenvalue weighted by atomic mass is 9.91. The molecule has 0 saturated carbocycles. The molecule has 2 rings (SSSR count). The van der Waals surface area contributed by atoms with Crippen molar-refractivity contribution in [3.63, 3.8) is 0 Å². The Morgan fingerprint density at radius 2 is 1.45 bits per heavy atom. The highest BCUT2D eigenvalue weighted by Gasteiger charge is 2.09. The Bertz CT molecular complexity index is 554. The molecule has 0 radical (unpaired) electrons. The molecule has 0 aromatic heterocycles. The zero-order valence-electron chi connectivity index (χ0n) is 12.5. The van der Waals surface area contributed by atoms with E-state index in [4.69, 9.17) is 4.43 Å². The van der Waals surface area contributed by atoms with Crippen LogP contribution in [-0.2, 0) is 4.43 Å². The van der Waals surface area contributed by atoms with Crippen LogP contribution in [0.4, 0.5) is 0 Å². The van der Waals surface area contributed by atoms with Crippen molar-refractivity contribution in [2.75, 3.05) is 6.61 Å². The fraction of sp³-hybridized carbons (Fsp3) is 0.222. The minimum atomic E-state index is 0.807. The van der Waals surface area contributed by atoms with E-state index in [2.05, 4.69) is 68.5 Å². The molecule has 0 fully saturated rings. The summed E-state index contributed by atoms with van der Waals surface area (Å²) < 4.78 is 5.32. The Morgan fingerprint density at radius 3 is 1.90 bits per heavy atom. The zero-order valence-corrected chi connectivity index (χ0v) is 14.5. The monoisotopic (exact) mass is 282 g/mol. The molecule has 0 heterocycles. The summed E-state index contributed by atoms with van der Waals surface area (Å²) in [4.78, 5) is 0. The lowest BCUT2D eigenvalue weighted by Crippen LogP contribution is -1.96. The predicted molar refractivity (Wildman–Crippen MR) is 89.9 cm³/mol. The van der Waals surface area contributed by atoms with Crippen molar-refractivity contribution in [3.05, 3.63) is 76.9 Å². The van der Waals surface area contributed by atoms with E-state index in [1.165, 1.54) is 27.8 Å². The fourth-order valence-electron chi connectivity index (χ4n) is 2.44. The second-order valence-corrected chi connectivity index (χ2v) is 5.61. The van der Waals surface area contributed by atoms with Crippen molar-refractivity contribution in [1.29, 1.82) is 0 Å². The number of aryl methyl sites for hydroxylation is 2. The topological polar surface area (TPSA) is 9.23 Å². The van der Waals surface area contributed by atoms with Crippen LogP contribution < -0.4 is 0 Å². The standard InChI is InChI=1S/C18H22OSi/c1-14-8-3-5-10-16(14)18(12-7-13-19-20)17-11-6-4-9-15(17)2/h3-6,8-12H,7,13H2,1-2,20H3. The molecule has 0 N–H and O–H groups in total. The van der Waals surface area contributed by atoms with E-state index in [1.807, 2.05) is 0 Å². The molecule has 0 spiro atoms. The molecular formula is C18H22OSi. The van der Waals surface area contributed by atoms with E-state index in [0.717, 1.165) is 23.5 Å². The predicted octanol–water partition coefficient (Wildman–Crippen LogP) is 3.42. The largest absolute Gasteiger partial charge is 0.428 e. The first kappa shape index (κ1) is 14.8. The fourth-order valence-corrected chi connectivity index (χ4v) is 2.67. The summed E-state index contributed by atoms with van der Waals surface area (Å²) in [6.07, 6.45) is 3.27. The molecule has 104 valence electrons. The molecule has 0 unspecified atom stereocenters. The second kappa shape index (κ2) is 7.22. The van der Waals surface area contributed by atoms with Crippen LogP contribution in [0.3, 0.4) is 0 Å². The van der Waals surface area contributed by atoms with E-state index < -0.39 is 0 Å². The van der Waals surface area contributed by atoms with Gasteiger partial charge in [0.1, 0.15) is 10.5 Å².